The molecule has 0 saturated heterocycles. The van der Waals surface area contributed by atoms with Gasteiger partial charge in [-0.3, -0.25) is 6.08 Å². The molecule has 0 heterocycles. The molecule has 0 saturated carbocycles. The molecule has 0 fully saturated rings. The first-order valence-electron chi connectivity index (χ1n) is 1.45. The van der Waals surface area contributed by atoms with Gasteiger partial charge in [0, 0.05) is 32.7 Å². The zero-order valence-electron chi connectivity index (χ0n) is 3.44. The van der Waals surface area contributed by atoms with Crippen LogP contribution in [0.2, 0.25) is 0 Å². The van der Waals surface area contributed by atoms with E-state index in [0.29, 0.717) is 0 Å². The third-order valence-corrected chi connectivity index (χ3v) is 0.236. The van der Waals surface area contributed by atoms with E-state index in [1.165, 1.54) is 0 Å². The molecule has 0 spiro atoms. The predicted molar refractivity (Wildman–Crippen MR) is 19.2 cm³/mol. The molecule has 5 heavy (non-hydrogen) atoms. The summed E-state index contributed by atoms with van der Waals surface area (Å²) in [5.74, 6) is 0. The van der Waals surface area contributed by atoms with Gasteiger partial charge in [-0.25, -0.2) is 0 Å². The second kappa shape index (κ2) is 8.85. The molecule has 0 aromatic heterocycles. The van der Waals surface area contributed by atoms with Crippen molar-refractivity contribution in [3.63, 3.8) is 0 Å². The van der Waals surface area contributed by atoms with Gasteiger partial charge in [-0.1, -0.05) is 13.3 Å². The molecular formula is C4H7Y-. The molecule has 0 aromatic carbocycles. The summed E-state index contributed by atoms with van der Waals surface area (Å²) in [6, 6.07) is 0. The van der Waals surface area contributed by atoms with Crippen molar-refractivity contribution in [2.24, 2.45) is 0 Å². The summed E-state index contributed by atoms with van der Waals surface area (Å²) in [5, 5.41) is 0. The molecule has 0 aliphatic rings. The van der Waals surface area contributed by atoms with Gasteiger partial charge in [0.2, 0.25) is 0 Å². The second-order valence-electron chi connectivity index (χ2n) is 0.644. The van der Waals surface area contributed by atoms with Crippen molar-refractivity contribution in [1.82, 2.24) is 0 Å². The van der Waals surface area contributed by atoms with Crippen LogP contribution in [0, 0.1) is 6.58 Å². The van der Waals surface area contributed by atoms with Gasteiger partial charge >= 0.3 is 0 Å². The summed E-state index contributed by atoms with van der Waals surface area (Å²) in [6.07, 6.45) is 2.60. The van der Waals surface area contributed by atoms with Crippen molar-refractivity contribution in [1.29, 1.82) is 0 Å². The zero-order valence-corrected chi connectivity index (χ0v) is 6.28. The van der Waals surface area contributed by atoms with Crippen molar-refractivity contribution in [2.75, 3.05) is 0 Å². The molecule has 0 unspecified atom stereocenters. The fraction of sp³-hybridized carbons (Fsp3) is 0.500. The van der Waals surface area contributed by atoms with Gasteiger partial charge in [-0.05, 0) is 0 Å². The van der Waals surface area contributed by atoms with Crippen molar-refractivity contribution in [3.05, 3.63) is 12.7 Å². The van der Waals surface area contributed by atoms with Crippen molar-refractivity contribution < 1.29 is 32.7 Å². The van der Waals surface area contributed by atoms with Crippen molar-refractivity contribution in [2.45, 2.75) is 13.3 Å². The van der Waals surface area contributed by atoms with E-state index in [0.717, 1.165) is 6.42 Å². The molecule has 1 heteroatoms. The first kappa shape index (κ1) is 9.28. The summed E-state index contributed by atoms with van der Waals surface area (Å²) in [5.41, 5.74) is 0. The first-order valence-corrected chi connectivity index (χ1v) is 1.45. The van der Waals surface area contributed by atoms with Crippen LogP contribution in [0.4, 0.5) is 0 Å². The normalized spacial score (nSPS) is 5.00. The Hall–Kier alpha value is 0.844. The Bertz CT molecular complexity index is 17.6. The van der Waals surface area contributed by atoms with E-state index in [1.807, 2.05) is 6.92 Å². The molecule has 0 aliphatic heterocycles. The molecule has 0 nitrogen and oxygen atoms in total. The number of hydrogen-bond acceptors (Lipinski definition) is 0. The van der Waals surface area contributed by atoms with Gasteiger partial charge in [0.05, 0.1) is 0 Å². The van der Waals surface area contributed by atoms with Crippen LogP contribution >= 0.6 is 0 Å². The summed E-state index contributed by atoms with van der Waals surface area (Å²) in [6.45, 7) is 6.90. The van der Waals surface area contributed by atoms with Crippen LogP contribution in [0.1, 0.15) is 13.3 Å². The summed E-state index contributed by atoms with van der Waals surface area (Å²) in [4.78, 5) is 0. The van der Waals surface area contributed by atoms with Crippen LogP contribution in [0.5, 0.6) is 0 Å². The molecule has 1 radical (unpaired) electrons. The molecule has 0 N–H and O–H groups in total. The Kier molecular flexibility index (Phi) is 16.4. The second-order valence-corrected chi connectivity index (χ2v) is 0.644. The van der Waals surface area contributed by atoms with E-state index in [4.69, 9.17) is 6.58 Å². The quantitative estimate of drug-likeness (QED) is 0.487. The Morgan fingerprint density at radius 2 is 2.00 bits per heavy atom. The van der Waals surface area contributed by atoms with Gasteiger partial charge in [0.1, 0.15) is 0 Å². The smallest absolute Gasteiger partial charge is 0 e. The Morgan fingerprint density at radius 1 is 1.80 bits per heavy atom. The minimum atomic E-state index is 0. The van der Waals surface area contributed by atoms with Gasteiger partial charge in [0.25, 0.3) is 0 Å². The van der Waals surface area contributed by atoms with E-state index in [9.17, 15) is 0 Å². The molecule has 0 rings (SSSR count). The fourth-order valence-corrected chi connectivity index (χ4v) is 0. The van der Waals surface area contributed by atoms with E-state index < -0.39 is 0 Å². The molecule has 27 valence electrons. The monoisotopic (exact) mass is 144 g/mol. The SMILES string of the molecule is [CH-]=CCC.[Y]. The standard InChI is InChI=1S/C4H7.Y/c1-3-4-2;/h1,3H,4H2,2H3;/q-1;. The molecule has 0 bridgehead atoms. The maximum absolute atomic E-state index is 4.90. The molecule has 0 atom stereocenters. The molecule has 0 amide bonds. The van der Waals surface area contributed by atoms with Crippen LogP contribution in [-0.4, -0.2) is 0 Å². The van der Waals surface area contributed by atoms with Crippen LogP contribution in [0.25, 0.3) is 0 Å². The van der Waals surface area contributed by atoms with Crippen LogP contribution in [-0.2, 0) is 32.7 Å². The fourth-order valence-electron chi connectivity index (χ4n) is 0. The number of allylic oxidation sites excluding steroid dienone is 1. The summed E-state index contributed by atoms with van der Waals surface area (Å²) >= 11 is 0. The average Bonchev–Trinajstić information content (AvgIpc) is 1.37. The van der Waals surface area contributed by atoms with Gasteiger partial charge in [0.15, 0.2) is 0 Å². The topological polar surface area (TPSA) is 0 Å². The van der Waals surface area contributed by atoms with E-state index in [2.05, 4.69) is 0 Å². The average molecular weight is 144 g/mol. The minimum Gasteiger partial charge on any atom is -0.518 e. The van der Waals surface area contributed by atoms with Gasteiger partial charge in [-0.15, -0.1) is 0 Å². The van der Waals surface area contributed by atoms with Crippen molar-refractivity contribution >= 4 is 0 Å². The Labute approximate surface area is 58.5 Å². The largest absolute Gasteiger partial charge is 0.518 e. The van der Waals surface area contributed by atoms with E-state index >= 15 is 0 Å². The third-order valence-electron chi connectivity index (χ3n) is 0.236. The molecule has 0 aromatic rings. The van der Waals surface area contributed by atoms with Gasteiger partial charge in [-0.2, -0.15) is 0 Å². The maximum atomic E-state index is 4.90. The first-order chi connectivity index (χ1) is 1.91. The van der Waals surface area contributed by atoms with E-state index in [-0.39, 0.29) is 32.7 Å². The van der Waals surface area contributed by atoms with Gasteiger partial charge < -0.3 is 6.58 Å². The summed E-state index contributed by atoms with van der Waals surface area (Å²) < 4.78 is 0. The maximum Gasteiger partial charge on any atom is 0 e. The van der Waals surface area contributed by atoms with Crippen molar-refractivity contribution in [3.8, 4) is 0 Å². The Morgan fingerprint density at radius 3 is 2.00 bits per heavy atom. The Balaban J connectivity index is 0. The zero-order chi connectivity index (χ0) is 3.41. The van der Waals surface area contributed by atoms with E-state index in [1.54, 1.807) is 6.08 Å². The van der Waals surface area contributed by atoms with Crippen LogP contribution in [0.3, 0.4) is 0 Å². The molecular weight excluding hydrogens is 137 g/mol. The summed E-state index contributed by atoms with van der Waals surface area (Å²) in [7, 11) is 0. The molecule has 0 aliphatic carbocycles. The third kappa shape index (κ3) is 11.5. The van der Waals surface area contributed by atoms with Crippen LogP contribution < -0.4 is 0 Å². The number of rotatable bonds is 1. The number of hydrogen-bond donors (Lipinski definition) is 0. The van der Waals surface area contributed by atoms with Crippen LogP contribution in [0.15, 0.2) is 6.08 Å². The predicted octanol–water partition coefficient (Wildman–Crippen LogP) is 1.38. The minimum absolute atomic E-state index is 0.